The van der Waals surface area contributed by atoms with Crippen molar-refractivity contribution in [3.8, 4) is 0 Å². The maximum Gasteiger partial charge on any atom is 0.434 e. The normalized spacial score (nSPS) is 13.2. The fourth-order valence-electron chi connectivity index (χ4n) is 2.47. The second-order valence-corrected chi connectivity index (χ2v) is 6.99. The zero-order valence-corrected chi connectivity index (χ0v) is 19.0. The minimum atomic E-state index is -4.49. The van der Waals surface area contributed by atoms with E-state index in [0.717, 1.165) is 16.7 Å². The highest BCUT2D eigenvalue weighted by atomic mass is 127. The molecule has 5 nitrogen and oxygen atoms in total. The molecule has 12 heteroatoms. The predicted molar refractivity (Wildman–Crippen MR) is 114 cm³/mol. The van der Waals surface area contributed by atoms with Crippen LogP contribution in [-0.2, 0) is 12.7 Å². The Labute approximate surface area is 186 Å². The van der Waals surface area contributed by atoms with E-state index in [0.29, 0.717) is 0 Å². The Kier molecular flexibility index (Phi) is 9.68. The van der Waals surface area contributed by atoms with Gasteiger partial charge in [0, 0.05) is 24.5 Å². The number of aliphatic imine (C=N–C) groups is 1. The van der Waals surface area contributed by atoms with Crippen LogP contribution in [0.15, 0.2) is 28.6 Å². The molecule has 29 heavy (non-hydrogen) atoms. The van der Waals surface area contributed by atoms with Crippen molar-refractivity contribution in [2.75, 3.05) is 27.7 Å². The van der Waals surface area contributed by atoms with Gasteiger partial charge in [0.25, 0.3) is 0 Å². The third-order valence-corrected chi connectivity index (χ3v) is 4.74. The molecule has 162 valence electrons. The van der Waals surface area contributed by atoms with Gasteiger partial charge >= 0.3 is 6.18 Å². The van der Waals surface area contributed by atoms with Crippen molar-refractivity contribution in [2.45, 2.75) is 18.8 Å². The third-order valence-electron chi connectivity index (χ3n) is 3.89. The smallest absolute Gasteiger partial charge is 0.354 e. The molecule has 2 rings (SSSR count). The first-order valence-corrected chi connectivity index (χ1v) is 9.08. The van der Waals surface area contributed by atoms with Gasteiger partial charge in [-0.15, -0.1) is 35.3 Å². The number of halogens is 6. The minimum Gasteiger partial charge on any atom is -0.354 e. The molecule has 0 bridgehead atoms. The molecule has 2 N–H and O–H groups in total. The molecule has 1 unspecified atom stereocenters. The van der Waals surface area contributed by atoms with Crippen LogP contribution in [0.3, 0.4) is 0 Å². The van der Waals surface area contributed by atoms with Gasteiger partial charge in [0.15, 0.2) is 11.7 Å². The number of rotatable bonds is 6. The summed E-state index contributed by atoms with van der Waals surface area (Å²) in [6.07, 6.45) is -4.49. The number of thiazole rings is 1. The van der Waals surface area contributed by atoms with Crippen LogP contribution in [0.1, 0.15) is 22.3 Å². The molecule has 0 fully saturated rings. The summed E-state index contributed by atoms with van der Waals surface area (Å²) in [7, 11) is 4.85. The minimum absolute atomic E-state index is 0. The first-order valence-electron chi connectivity index (χ1n) is 8.20. The molecule has 0 spiro atoms. The van der Waals surface area contributed by atoms with Gasteiger partial charge in [-0.3, -0.25) is 4.99 Å². The second-order valence-electron chi connectivity index (χ2n) is 6.05. The second kappa shape index (κ2) is 11.0. The highest BCUT2D eigenvalue weighted by Gasteiger charge is 2.33. The Morgan fingerprint density at radius 2 is 1.83 bits per heavy atom. The molecule has 0 saturated carbocycles. The van der Waals surface area contributed by atoms with Crippen molar-refractivity contribution in [3.63, 3.8) is 0 Å². The van der Waals surface area contributed by atoms with Gasteiger partial charge in [-0.25, -0.2) is 13.8 Å². The van der Waals surface area contributed by atoms with Crippen molar-refractivity contribution in [1.82, 2.24) is 20.5 Å². The molecule has 0 saturated heterocycles. The van der Waals surface area contributed by atoms with Gasteiger partial charge < -0.3 is 15.5 Å². The lowest BCUT2D eigenvalue weighted by Gasteiger charge is -2.26. The number of alkyl halides is 3. The van der Waals surface area contributed by atoms with E-state index in [1.54, 1.807) is 19.0 Å². The van der Waals surface area contributed by atoms with Gasteiger partial charge in [-0.1, -0.05) is 6.07 Å². The van der Waals surface area contributed by atoms with Gasteiger partial charge in [0.05, 0.1) is 12.6 Å². The molecule has 0 aliphatic heterocycles. The maximum absolute atomic E-state index is 14.1. The summed E-state index contributed by atoms with van der Waals surface area (Å²) in [6, 6.07) is 3.03. The molecule has 0 amide bonds. The number of guanidine groups is 1. The van der Waals surface area contributed by atoms with E-state index in [4.69, 9.17) is 0 Å². The monoisotopic (exact) mass is 549 g/mol. The van der Waals surface area contributed by atoms with Gasteiger partial charge in [0.1, 0.15) is 16.6 Å². The average molecular weight is 549 g/mol. The molecule has 1 aromatic carbocycles. The van der Waals surface area contributed by atoms with Crippen LogP contribution in [0.25, 0.3) is 0 Å². The lowest BCUT2D eigenvalue weighted by Crippen LogP contribution is -2.41. The highest BCUT2D eigenvalue weighted by molar-refractivity contribution is 14.0. The number of nitrogens with one attached hydrogen (secondary N) is 2. The fraction of sp³-hybridized carbons (Fsp3) is 0.412. The summed E-state index contributed by atoms with van der Waals surface area (Å²) in [5.74, 6) is -1.05. The van der Waals surface area contributed by atoms with Crippen molar-refractivity contribution in [3.05, 3.63) is 51.5 Å². The van der Waals surface area contributed by atoms with Crippen molar-refractivity contribution in [2.24, 2.45) is 4.99 Å². The van der Waals surface area contributed by atoms with Crippen LogP contribution in [0.2, 0.25) is 0 Å². The van der Waals surface area contributed by atoms with E-state index < -0.39 is 29.5 Å². The molecule has 1 atom stereocenters. The van der Waals surface area contributed by atoms with Crippen LogP contribution in [0.4, 0.5) is 22.0 Å². The molecule has 1 aromatic heterocycles. The van der Waals surface area contributed by atoms with Gasteiger partial charge in [0.2, 0.25) is 0 Å². The summed E-state index contributed by atoms with van der Waals surface area (Å²) in [5, 5.41) is 6.94. The fourth-order valence-corrected chi connectivity index (χ4v) is 3.21. The van der Waals surface area contributed by atoms with E-state index in [1.165, 1.54) is 25.2 Å². The SMILES string of the molecule is CN=C(NCc1nc(C(F)(F)F)cs1)NCC(c1c(F)cccc1F)N(C)C.I. The van der Waals surface area contributed by atoms with E-state index in [9.17, 15) is 22.0 Å². The number of likely N-dealkylation sites (N-methyl/N-ethyl adjacent to an activating group) is 1. The molecule has 0 aliphatic rings. The van der Waals surface area contributed by atoms with Crippen LogP contribution < -0.4 is 10.6 Å². The highest BCUT2D eigenvalue weighted by Crippen LogP contribution is 2.30. The Hall–Kier alpha value is -1.54. The molecule has 0 radical (unpaired) electrons. The standard InChI is InChI=1S/C17H20F5N5S.HI/c1-23-16(25-8-14-26-13(9-28-14)17(20,21)22)24-7-12(27(2)3)15-10(18)5-4-6-11(15)19;/h4-6,9,12H,7-8H2,1-3H3,(H2,23,24,25);1H. The first-order chi connectivity index (χ1) is 13.1. The van der Waals surface area contributed by atoms with Crippen LogP contribution in [0, 0.1) is 11.6 Å². The van der Waals surface area contributed by atoms with Crippen LogP contribution in [-0.4, -0.2) is 43.5 Å². The third kappa shape index (κ3) is 7.03. The van der Waals surface area contributed by atoms with Crippen molar-refractivity contribution < 1.29 is 22.0 Å². The van der Waals surface area contributed by atoms with Crippen LogP contribution >= 0.6 is 35.3 Å². The zero-order chi connectivity index (χ0) is 20.9. The van der Waals surface area contributed by atoms with E-state index in [1.807, 2.05) is 0 Å². The Morgan fingerprint density at radius 1 is 1.21 bits per heavy atom. The summed E-state index contributed by atoms with van der Waals surface area (Å²) >= 11 is 0.875. The predicted octanol–water partition coefficient (Wildman–Crippen LogP) is 4.03. The van der Waals surface area contributed by atoms with Gasteiger partial charge in [-0.05, 0) is 26.2 Å². The summed E-state index contributed by atoms with van der Waals surface area (Å²) < 4.78 is 66.0. The number of nitrogens with zero attached hydrogens (tertiary/aromatic N) is 3. The van der Waals surface area contributed by atoms with E-state index in [2.05, 4.69) is 20.6 Å². The molecule has 2 aromatic rings. The Morgan fingerprint density at radius 3 is 2.31 bits per heavy atom. The number of benzene rings is 1. The molecule has 0 aliphatic carbocycles. The summed E-state index contributed by atoms with van der Waals surface area (Å²) in [5.41, 5.74) is -1.02. The quantitative estimate of drug-likeness (QED) is 0.248. The lowest BCUT2D eigenvalue weighted by molar-refractivity contribution is -0.140. The topological polar surface area (TPSA) is 52.6 Å². The molecule has 1 heterocycles. The number of hydrogen-bond acceptors (Lipinski definition) is 4. The summed E-state index contributed by atoms with van der Waals surface area (Å²) in [6.45, 7) is 0.150. The van der Waals surface area contributed by atoms with E-state index >= 15 is 0 Å². The summed E-state index contributed by atoms with van der Waals surface area (Å²) in [4.78, 5) is 9.15. The van der Waals surface area contributed by atoms with E-state index in [-0.39, 0.29) is 53.6 Å². The van der Waals surface area contributed by atoms with Crippen molar-refractivity contribution >= 4 is 41.3 Å². The first kappa shape index (κ1) is 25.5. The van der Waals surface area contributed by atoms with Gasteiger partial charge in [-0.2, -0.15) is 13.2 Å². The number of hydrogen-bond donors (Lipinski definition) is 2. The molecular formula is C17H21F5IN5S. The Bertz CT molecular complexity index is 805. The zero-order valence-electron chi connectivity index (χ0n) is 15.8. The number of aromatic nitrogens is 1. The van der Waals surface area contributed by atoms with Crippen LogP contribution in [0.5, 0.6) is 0 Å². The molecular weight excluding hydrogens is 528 g/mol. The van der Waals surface area contributed by atoms with Crippen molar-refractivity contribution in [1.29, 1.82) is 0 Å². The maximum atomic E-state index is 14.1. The Balaban J connectivity index is 0.00000420. The largest absolute Gasteiger partial charge is 0.434 e. The average Bonchev–Trinajstić information content (AvgIpc) is 3.09. The lowest BCUT2D eigenvalue weighted by atomic mass is 10.0.